The zero-order valence-electron chi connectivity index (χ0n) is 12.0. The van der Waals surface area contributed by atoms with Crippen LogP contribution in [0.5, 0.6) is 0 Å². The van der Waals surface area contributed by atoms with E-state index in [-0.39, 0.29) is 16.0 Å². The van der Waals surface area contributed by atoms with Gasteiger partial charge in [-0.05, 0) is 51.4 Å². The van der Waals surface area contributed by atoms with Crippen LogP contribution in [0.15, 0.2) is 23.1 Å². The lowest BCUT2D eigenvalue weighted by Crippen LogP contribution is -2.32. The van der Waals surface area contributed by atoms with Crippen LogP contribution in [-0.2, 0) is 9.84 Å². The third kappa shape index (κ3) is 4.43. The average Bonchev–Trinajstić information content (AvgIpc) is 2.39. The average molecular weight is 322 g/mol. The second-order valence-electron chi connectivity index (χ2n) is 5.02. The summed E-state index contributed by atoms with van der Waals surface area (Å²) in [6, 6.07) is 3.63. The van der Waals surface area contributed by atoms with E-state index in [1.807, 2.05) is 6.92 Å². The molecule has 0 fully saturated rings. The lowest BCUT2D eigenvalue weighted by molar-refractivity contribution is 0.497. The first-order chi connectivity index (χ1) is 9.28. The molecule has 1 aromatic rings. The molecule has 0 aliphatic rings. The Balaban J connectivity index is 2.84. The third-order valence-electron chi connectivity index (χ3n) is 3.18. The van der Waals surface area contributed by atoms with Gasteiger partial charge in [0.05, 0.1) is 15.2 Å². The Morgan fingerprint density at radius 2 is 2.00 bits per heavy atom. The van der Waals surface area contributed by atoms with E-state index in [0.29, 0.717) is 6.42 Å². The monoisotopic (exact) mass is 321 g/mol. The van der Waals surface area contributed by atoms with Crippen LogP contribution in [0, 0.1) is 5.82 Å². The van der Waals surface area contributed by atoms with E-state index in [2.05, 4.69) is 12.2 Å². The van der Waals surface area contributed by atoms with Gasteiger partial charge in [-0.1, -0.05) is 18.5 Å². The number of nitrogens with one attached hydrogen (secondary N) is 1. The molecule has 3 nitrogen and oxygen atoms in total. The Hall–Kier alpha value is -0.650. The van der Waals surface area contributed by atoms with Crippen molar-refractivity contribution < 1.29 is 12.8 Å². The molecule has 6 heteroatoms. The van der Waals surface area contributed by atoms with Crippen molar-refractivity contribution in [1.29, 1.82) is 0 Å². The van der Waals surface area contributed by atoms with E-state index in [1.54, 1.807) is 6.92 Å². The molecule has 1 N–H and O–H groups in total. The molecule has 20 heavy (non-hydrogen) atoms. The van der Waals surface area contributed by atoms with Crippen LogP contribution in [0.1, 0.15) is 33.6 Å². The lowest BCUT2D eigenvalue weighted by atomic mass is 10.2. The predicted octanol–water partition coefficient (Wildman–Crippen LogP) is 3.42. The van der Waals surface area contributed by atoms with Crippen LogP contribution < -0.4 is 5.32 Å². The minimum Gasteiger partial charge on any atom is -0.314 e. The fraction of sp³-hybridized carbons (Fsp3) is 0.571. The van der Waals surface area contributed by atoms with Crippen molar-refractivity contribution in [2.75, 3.05) is 6.54 Å². The van der Waals surface area contributed by atoms with Gasteiger partial charge in [-0.25, -0.2) is 12.8 Å². The van der Waals surface area contributed by atoms with E-state index < -0.39 is 20.9 Å². The Kier molecular flexibility index (Phi) is 6.43. The maximum Gasteiger partial charge on any atom is 0.181 e. The van der Waals surface area contributed by atoms with Crippen molar-refractivity contribution in [3.8, 4) is 0 Å². The van der Waals surface area contributed by atoms with E-state index in [9.17, 15) is 12.8 Å². The highest BCUT2D eigenvalue weighted by Crippen LogP contribution is 2.24. The summed E-state index contributed by atoms with van der Waals surface area (Å²) < 4.78 is 37.9. The fourth-order valence-electron chi connectivity index (χ4n) is 1.98. The number of sulfone groups is 1. The van der Waals surface area contributed by atoms with Crippen molar-refractivity contribution in [2.24, 2.45) is 0 Å². The van der Waals surface area contributed by atoms with Crippen LogP contribution in [0.4, 0.5) is 4.39 Å². The second kappa shape index (κ2) is 7.38. The lowest BCUT2D eigenvalue weighted by Gasteiger charge is -2.19. The summed E-state index contributed by atoms with van der Waals surface area (Å²) in [6.45, 7) is 6.53. The van der Waals surface area contributed by atoms with Crippen molar-refractivity contribution in [3.63, 3.8) is 0 Å². The summed E-state index contributed by atoms with van der Waals surface area (Å²) in [7, 11) is -3.49. The summed E-state index contributed by atoms with van der Waals surface area (Å²) in [5, 5.41) is 2.53. The number of benzene rings is 1. The summed E-state index contributed by atoms with van der Waals surface area (Å²) in [5.74, 6) is -0.615. The van der Waals surface area contributed by atoms with Crippen molar-refractivity contribution in [3.05, 3.63) is 29.0 Å². The van der Waals surface area contributed by atoms with Gasteiger partial charge < -0.3 is 5.32 Å². The van der Waals surface area contributed by atoms with Crippen LogP contribution >= 0.6 is 11.6 Å². The third-order valence-corrected chi connectivity index (χ3v) is 5.63. The fourth-order valence-corrected chi connectivity index (χ4v) is 3.78. The molecule has 114 valence electrons. The first-order valence-electron chi connectivity index (χ1n) is 6.71. The van der Waals surface area contributed by atoms with Crippen LogP contribution in [-0.4, -0.2) is 26.3 Å². The number of halogens is 2. The highest BCUT2D eigenvalue weighted by atomic mass is 35.5. The minimum absolute atomic E-state index is 0.0686. The molecule has 0 spiro atoms. The van der Waals surface area contributed by atoms with Gasteiger partial charge in [0.25, 0.3) is 0 Å². The maximum absolute atomic E-state index is 13.1. The minimum atomic E-state index is -3.49. The molecule has 0 bridgehead atoms. The van der Waals surface area contributed by atoms with Crippen molar-refractivity contribution in [2.45, 2.75) is 49.8 Å². The summed E-state index contributed by atoms with van der Waals surface area (Å²) in [6.07, 6.45) is 1.50. The molecule has 1 rings (SSSR count). The van der Waals surface area contributed by atoms with Gasteiger partial charge in [0.1, 0.15) is 5.82 Å². The van der Waals surface area contributed by atoms with Gasteiger partial charge in [0.2, 0.25) is 0 Å². The first-order valence-corrected chi connectivity index (χ1v) is 8.63. The van der Waals surface area contributed by atoms with Crippen LogP contribution in [0.25, 0.3) is 0 Å². The Morgan fingerprint density at radius 1 is 1.35 bits per heavy atom. The van der Waals surface area contributed by atoms with E-state index in [0.717, 1.165) is 19.0 Å². The van der Waals surface area contributed by atoms with E-state index >= 15 is 0 Å². The maximum atomic E-state index is 13.1. The van der Waals surface area contributed by atoms with Crippen molar-refractivity contribution >= 4 is 21.4 Å². The molecule has 0 heterocycles. The normalized spacial score (nSPS) is 15.1. The molecular formula is C14H21ClFNO2S. The second-order valence-corrected chi connectivity index (χ2v) is 7.80. The predicted molar refractivity (Wildman–Crippen MR) is 80.4 cm³/mol. The first kappa shape index (κ1) is 17.4. The smallest absolute Gasteiger partial charge is 0.181 e. The summed E-state index contributed by atoms with van der Waals surface area (Å²) >= 11 is 5.65. The molecule has 2 unspecified atom stereocenters. The molecule has 0 saturated heterocycles. The summed E-state index contributed by atoms with van der Waals surface area (Å²) in [5.41, 5.74) is 0. The van der Waals surface area contributed by atoms with Crippen LogP contribution in [0.2, 0.25) is 5.02 Å². The molecule has 0 aliphatic heterocycles. The van der Waals surface area contributed by atoms with Gasteiger partial charge in [0, 0.05) is 6.04 Å². The number of hydrogen-bond acceptors (Lipinski definition) is 3. The van der Waals surface area contributed by atoms with Crippen LogP contribution in [0.3, 0.4) is 0 Å². The van der Waals surface area contributed by atoms with Gasteiger partial charge >= 0.3 is 0 Å². The topological polar surface area (TPSA) is 46.2 Å². The quantitative estimate of drug-likeness (QED) is 0.783. The Bertz CT molecular complexity index is 548. The van der Waals surface area contributed by atoms with Crippen molar-refractivity contribution in [1.82, 2.24) is 5.32 Å². The van der Waals surface area contributed by atoms with Gasteiger partial charge in [-0.2, -0.15) is 0 Å². The SMILES string of the molecule is CCCNC(C)CC(C)S(=O)(=O)c1ccc(F)c(Cl)c1. The molecule has 2 atom stereocenters. The zero-order valence-corrected chi connectivity index (χ0v) is 13.6. The van der Waals surface area contributed by atoms with Gasteiger partial charge in [-0.15, -0.1) is 0 Å². The zero-order chi connectivity index (χ0) is 15.3. The molecule has 0 aliphatic carbocycles. The molecule has 0 radical (unpaired) electrons. The highest BCUT2D eigenvalue weighted by Gasteiger charge is 2.25. The highest BCUT2D eigenvalue weighted by molar-refractivity contribution is 7.92. The summed E-state index contributed by atoms with van der Waals surface area (Å²) in [4.78, 5) is 0.0686. The standard InChI is InChI=1S/C14H21ClFNO2S/c1-4-7-17-10(2)8-11(3)20(18,19)12-5-6-14(16)13(15)9-12/h5-6,9-11,17H,4,7-8H2,1-3H3. The van der Waals surface area contributed by atoms with Gasteiger partial charge in [-0.3, -0.25) is 0 Å². The number of hydrogen-bond donors (Lipinski definition) is 1. The van der Waals surface area contributed by atoms with Gasteiger partial charge in [0.15, 0.2) is 9.84 Å². The van der Waals surface area contributed by atoms with E-state index in [1.165, 1.54) is 12.1 Å². The Morgan fingerprint density at radius 3 is 2.55 bits per heavy atom. The van der Waals surface area contributed by atoms with E-state index in [4.69, 9.17) is 11.6 Å². The molecule has 0 amide bonds. The Labute approximate surface area is 125 Å². The molecular weight excluding hydrogens is 301 g/mol. The number of rotatable bonds is 7. The largest absolute Gasteiger partial charge is 0.314 e. The molecule has 1 aromatic carbocycles. The molecule has 0 aromatic heterocycles. The molecule has 0 saturated carbocycles.